The van der Waals surface area contributed by atoms with Gasteiger partial charge in [-0.05, 0) is 28.1 Å². The van der Waals surface area contributed by atoms with Crippen molar-refractivity contribution < 1.29 is 19.4 Å². The van der Waals surface area contributed by atoms with Crippen LogP contribution in [0, 0.1) is 0 Å². The summed E-state index contributed by atoms with van der Waals surface area (Å²) >= 11 is 3.48. The summed E-state index contributed by atoms with van der Waals surface area (Å²) in [5.74, 6) is -0.923. The van der Waals surface area contributed by atoms with Crippen molar-refractivity contribution in [3.05, 3.63) is 46.2 Å². The number of ether oxygens (including phenoxy) is 1. The predicted molar refractivity (Wildman–Crippen MR) is 103 cm³/mol. The van der Waals surface area contributed by atoms with Crippen molar-refractivity contribution in [2.75, 3.05) is 32.1 Å². The molecule has 1 aromatic heterocycles. The highest BCUT2D eigenvalue weighted by molar-refractivity contribution is 9.10. The van der Waals surface area contributed by atoms with E-state index in [0.717, 1.165) is 15.7 Å². The number of aliphatic hydroxyl groups excluding tert-OH is 1. The highest BCUT2D eigenvalue weighted by Crippen LogP contribution is 2.30. The molecule has 8 nitrogen and oxygen atoms in total. The van der Waals surface area contributed by atoms with Crippen LogP contribution in [0.1, 0.15) is 0 Å². The second-order valence-electron chi connectivity index (χ2n) is 5.97. The van der Waals surface area contributed by atoms with E-state index < -0.39 is 5.97 Å². The lowest BCUT2D eigenvalue weighted by atomic mass is 10.1. The Kier molecular flexibility index (Phi) is 5.62. The minimum atomic E-state index is -0.572. The first-order chi connectivity index (χ1) is 13.0. The summed E-state index contributed by atoms with van der Waals surface area (Å²) in [6, 6.07) is 7.45. The van der Waals surface area contributed by atoms with E-state index in [2.05, 4.69) is 26.3 Å². The van der Waals surface area contributed by atoms with Crippen molar-refractivity contribution in [3.63, 3.8) is 0 Å². The summed E-state index contributed by atoms with van der Waals surface area (Å²) in [6.45, 7) is 0.0609. The third-order valence-corrected chi connectivity index (χ3v) is 4.83. The van der Waals surface area contributed by atoms with Gasteiger partial charge in [-0.1, -0.05) is 12.1 Å². The standard InChI is InChI=1S/C18H19BrN4O4/c1-22-16(14(19)9-20-22)11-4-3-5-12(8-11)21-15-13(18(26)27-2)10-23(6-7-24)17(15)25/h3-5,8-9,21,24H,6-7,10H2,1-2H3. The molecule has 0 atom stereocenters. The van der Waals surface area contributed by atoms with Gasteiger partial charge in [-0.3, -0.25) is 9.48 Å². The van der Waals surface area contributed by atoms with E-state index in [1.54, 1.807) is 16.9 Å². The van der Waals surface area contributed by atoms with Crippen LogP contribution >= 0.6 is 15.9 Å². The fraction of sp³-hybridized carbons (Fsp3) is 0.278. The largest absolute Gasteiger partial charge is 0.466 e. The number of carbonyl (C=O) groups is 2. The fourth-order valence-corrected chi connectivity index (χ4v) is 3.55. The van der Waals surface area contributed by atoms with E-state index in [9.17, 15) is 9.59 Å². The molecule has 0 fully saturated rings. The number of carbonyl (C=O) groups excluding carboxylic acids is 2. The number of β-amino-alcohol motifs (C(OH)–C–C–N with tert-alkyl or cyclic N) is 1. The number of rotatable bonds is 6. The van der Waals surface area contributed by atoms with Crippen LogP contribution in [-0.4, -0.2) is 58.5 Å². The Morgan fingerprint density at radius 1 is 1.44 bits per heavy atom. The van der Waals surface area contributed by atoms with Crippen LogP contribution < -0.4 is 5.32 Å². The quantitative estimate of drug-likeness (QED) is 0.669. The lowest BCUT2D eigenvalue weighted by Crippen LogP contribution is -2.31. The van der Waals surface area contributed by atoms with Crippen molar-refractivity contribution in [1.82, 2.24) is 14.7 Å². The van der Waals surface area contributed by atoms with Crippen molar-refractivity contribution in [2.24, 2.45) is 7.05 Å². The molecule has 142 valence electrons. The van der Waals surface area contributed by atoms with Crippen molar-refractivity contribution in [3.8, 4) is 11.3 Å². The average molecular weight is 435 g/mol. The molecule has 0 aliphatic carbocycles. The third kappa shape index (κ3) is 3.74. The number of aromatic nitrogens is 2. The Bertz CT molecular complexity index is 902. The summed E-state index contributed by atoms with van der Waals surface area (Å²) in [7, 11) is 3.11. The van der Waals surface area contributed by atoms with Gasteiger partial charge in [-0.25, -0.2) is 4.79 Å². The van der Waals surface area contributed by atoms with Crippen molar-refractivity contribution in [1.29, 1.82) is 0 Å². The number of benzene rings is 1. The molecule has 1 amide bonds. The fourth-order valence-electron chi connectivity index (χ4n) is 2.97. The van der Waals surface area contributed by atoms with Gasteiger partial charge in [0.15, 0.2) is 0 Å². The number of aliphatic hydroxyl groups is 1. The number of anilines is 1. The van der Waals surface area contributed by atoms with Gasteiger partial charge in [0.05, 0.1) is 42.2 Å². The zero-order valence-electron chi connectivity index (χ0n) is 14.9. The Morgan fingerprint density at radius 3 is 2.85 bits per heavy atom. The Morgan fingerprint density at radius 2 is 2.22 bits per heavy atom. The average Bonchev–Trinajstić information content (AvgIpc) is 3.15. The molecule has 3 rings (SSSR count). The summed E-state index contributed by atoms with van der Waals surface area (Å²) < 4.78 is 7.39. The third-order valence-electron chi connectivity index (χ3n) is 4.25. The zero-order valence-corrected chi connectivity index (χ0v) is 16.5. The second-order valence-corrected chi connectivity index (χ2v) is 6.82. The predicted octanol–water partition coefficient (Wildman–Crippen LogP) is 1.52. The smallest absolute Gasteiger partial charge is 0.337 e. The maximum atomic E-state index is 12.6. The number of aryl methyl sites for hydroxylation is 1. The first kappa shape index (κ1) is 19.1. The summed E-state index contributed by atoms with van der Waals surface area (Å²) in [5.41, 5.74) is 2.83. The highest BCUT2D eigenvalue weighted by atomic mass is 79.9. The molecule has 0 spiro atoms. The normalized spacial score (nSPS) is 14.1. The van der Waals surface area contributed by atoms with Gasteiger partial charge >= 0.3 is 5.97 Å². The van der Waals surface area contributed by atoms with E-state index in [4.69, 9.17) is 9.84 Å². The van der Waals surface area contributed by atoms with Crippen molar-refractivity contribution >= 4 is 33.5 Å². The molecule has 1 aliphatic heterocycles. The molecule has 1 aromatic carbocycles. The number of esters is 1. The molecule has 2 aromatic rings. The highest BCUT2D eigenvalue weighted by Gasteiger charge is 2.34. The monoisotopic (exact) mass is 434 g/mol. The number of halogens is 1. The van der Waals surface area contributed by atoms with Gasteiger partial charge in [0.25, 0.3) is 5.91 Å². The topological polar surface area (TPSA) is 96.7 Å². The van der Waals surface area contributed by atoms with Crippen LogP contribution in [0.15, 0.2) is 46.2 Å². The summed E-state index contributed by atoms with van der Waals surface area (Å²) in [5, 5.41) is 16.4. The van der Waals surface area contributed by atoms with Gasteiger partial charge in [-0.15, -0.1) is 0 Å². The van der Waals surface area contributed by atoms with Crippen LogP contribution in [0.5, 0.6) is 0 Å². The number of hydrogen-bond donors (Lipinski definition) is 2. The van der Waals surface area contributed by atoms with E-state index in [1.807, 2.05) is 25.2 Å². The molecule has 1 aliphatic rings. The van der Waals surface area contributed by atoms with Crippen LogP contribution in [0.2, 0.25) is 0 Å². The van der Waals surface area contributed by atoms with Crippen LogP contribution in [0.4, 0.5) is 5.69 Å². The number of amides is 1. The van der Waals surface area contributed by atoms with Gasteiger partial charge in [-0.2, -0.15) is 5.10 Å². The first-order valence-corrected chi connectivity index (χ1v) is 9.02. The Hall–Kier alpha value is -2.65. The van der Waals surface area contributed by atoms with Gasteiger partial charge in [0, 0.05) is 24.8 Å². The summed E-state index contributed by atoms with van der Waals surface area (Å²) in [4.78, 5) is 26.1. The molecule has 0 saturated heterocycles. The maximum absolute atomic E-state index is 12.6. The molecular weight excluding hydrogens is 416 g/mol. The molecule has 2 N–H and O–H groups in total. The SMILES string of the molecule is COC(=O)C1=C(Nc2cccc(-c3c(Br)cnn3C)c2)C(=O)N(CCO)C1. The van der Waals surface area contributed by atoms with Crippen LogP contribution in [-0.2, 0) is 21.4 Å². The van der Waals surface area contributed by atoms with Crippen LogP contribution in [0.25, 0.3) is 11.3 Å². The van der Waals surface area contributed by atoms with E-state index in [1.165, 1.54) is 12.0 Å². The molecule has 0 saturated carbocycles. The molecule has 0 unspecified atom stereocenters. The number of hydrogen-bond acceptors (Lipinski definition) is 6. The minimum absolute atomic E-state index is 0.0986. The zero-order chi connectivity index (χ0) is 19.6. The molecule has 0 radical (unpaired) electrons. The van der Waals surface area contributed by atoms with Gasteiger partial charge in [0.1, 0.15) is 5.70 Å². The van der Waals surface area contributed by atoms with Crippen molar-refractivity contribution in [2.45, 2.75) is 0 Å². The van der Waals surface area contributed by atoms with Gasteiger partial charge in [0.2, 0.25) is 0 Å². The molecule has 9 heteroatoms. The Labute approximate surface area is 164 Å². The van der Waals surface area contributed by atoms with Gasteiger partial charge < -0.3 is 20.1 Å². The maximum Gasteiger partial charge on any atom is 0.337 e. The molecule has 0 bridgehead atoms. The second kappa shape index (κ2) is 7.93. The summed E-state index contributed by atoms with van der Waals surface area (Å²) in [6.07, 6.45) is 1.71. The number of methoxy groups -OCH3 is 1. The van der Waals surface area contributed by atoms with E-state index in [-0.39, 0.29) is 36.9 Å². The first-order valence-electron chi connectivity index (χ1n) is 8.22. The van der Waals surface area contributed by atoms with Crippen LogP contribution in [0.3, 0.4) is 0 Å². The molecular formula is C18H19BrN4O4. The number of nitrogens with one attached hydrogen (secondary N) is 1. The van der Waals surface area contributed by atoms with E-state index >= 15 is 0 Å². The van der Waals surface area contributed by atoms with E-state index in [0.29, 0.717) is 5.69 Å². The lowest BCUT2D eigenvalue weighted by molar-refractivity contribution is -0.136. The number of nitrogens with zero attached hydrogens (tertiary/aromatic N) is 3. The lowest BCUT2D eigenvalue weighted by Gasteiger charge is -2.15. The molecule has 2 heterocycles. The molecule has 27 heavy (non-hydrogen) atoms. The minimum Gasteiger partial charge on any atom is -0.466 e. The Balaban J connectivity index is 1.94.